The van der Waals surface area contributed by atoms with E-state index < -0.39 is 0 Å². The number of hydrogen-bond donors (Lipinski definition) is 1. The average Bonchev–Trinajstić information content (AvgIpc) is 2.03. The lowest BCUT2D eigenvalue weighted by molar-refractivity contribution is 0.628. The first-order valence-corrected chi connectivity index (χ1v) is 4.30. The molecule has 1 N–H and O–H groups in total. The van der Waals surface area contributed by atoms with Crippen LogP contribution in [0, 0.1) is 5.82 Å². The van der Waals surface area contributed by atoms with Crippen LogP contribution in [-0.4, -0.2) is 6.54 Å². The van der Waals surface area contributed by atoms with E-state index >= 15 is 0 Å². The molecule has 0 bridgehead atoms. The number of benzene rings is 1. The zero-order chi connectivity index (χ0) is 8.97. The molecule has 0 saturated carbocycles. The topological polar surface area (TPSA) is 12.0 Å². The molecule has 0 heterocycles. The SMILES string of the molecule is C=C(Br)CNc1ccc(F)cc1. The van der Waals surface area contributed by atoms with Crippen LogP contribution in [0.5, 0.6) is 0 Å². The van der Waals surface area contributed by atoms with Crippen molar-refractivity contribution in [3.8, 4) is 0 Å². The van der Waals surface area contributed by atoms with Crippen LogP contribution in [0.15, 0.2) is 35.3 Å². The van der Waals surface area contributed by atoms with E-state index in [4.69, 9.17) is 0 Å². The summed E-state index contributed by atoms with van der Waals surface area (Å²) in [5.41, 5.74) is 0.886. The van der Waals surface area contributed by atoms with E-state index in [9.17, 15) is 4.39 Å². The predicted octanol–water partition coefficient (Wildman–Crippen LogP) is 3.15. The van der Waals surface area contributed by atoms with E-state index in [1.54, 1.807) is 12.1 Å². The third kappa shape index (κ3) is 3.05. The Kier molecular flexibility index (Phi) is 3.29. The fourth-order valence-corrected chi connectivity index (χ4v) is 0.906. The summed E-state index contributed by atoms with van der Waals surface area (Å²) in [6.45, 7) is 4.31. The second kappa shape index (κ2) is 4.26. The van der Waals surface area contributed by atoms with Crippen LogP contribution in [0.1, 0.15) is 0 Å². The van der Waals surface area contributed by atoms with E-state index in [1.165, 1.54) is 12.1 Å². The van der Waals surface area contributed by atoms with Gasteiger partial charge in [-0.25, -0.2) is 4.39 Å². The molecule has 12 heavy (non-hydrogen) atoms. The normalized spacial score (nSPS) is 9.50. The Morgan fingerprint density at radius 2 is 2.00 bits per heavy atom. The van der Waals surface area contributed by atoms with Crippen molar-refractivity contribution in [1.82, 2.24) is 0 Å². The number of nitrogens with one attached hydrogen (secondary N) is 1. The van der Waals surface area contributed by atoms with Gasteiger partial charge in [0.25, 0.3) is 0 Å². The van der Waals surface area contributed by atoms with Crippen molar-refractivity contribution in [3.63, 3.8) is 0 Å². The fraction of sp³-hybridized carbons (Fsp3) is 0.111. The Morgan fingerprint density at radius 3 is 2.50 bits per heavy atom. The van der Waals surface area contributed by atoms with Crippen molar-refractivity contribution in [3.05, 3.63) is 41.1 Å². The lowest BCUT2D eigenvalue weighted by Crippen LogP contribution is -1.99. The Morgan fingerprint density at radius 1 is 1.42 bits per heavy atom. The van der Waals surface area contributed by atoms with Gasteiger partial charge in [-0.1, -0.05) is 22.5 Å². The summed E-state index contributed by atoms with van der Waals surface area (Å²) in [4.78, 5) is 0. The molecule has 1 rings (SSSR count). The van der Waals surface area contributed by atoms with Crippen LogP contribution in [0.25, 0.3) is 0 Å². The zero-order valence-corrected chi connectivity index (χ0v) is 8.07. The number of halogens is 2. The lowest BCUT2D eigenvalue weighted by atomic mass is 10.3. The highest BCUT2D eigenvalue weighted by atomic mass is 79.9. The first-order chi connectivity index (χ1) is 5.68. The monoisotopic (exact) mass is 229 g/mol. The van der Waals surface area contributed by atoms with Gasteiger partial charge >= 0.3 is 0 Å². The maximum absolute atomic E-state index is 12.4. The molecule has 1 aromatic carbocycles. The molecular weight excluding hydrogens is 221 g/mol. The summed E-state index contributed by atoms with van der Waals surface area (Å²) in [6.07, 6.45) is 0. The molecule has 0 spiro atoms. The first kappa shape index (κ1) is 9.26. The van der Waals surface area contributed by atoms with E-state index in [0.29, 0.717) is 6.54 Å². The summed E-state index contributed by atoms with van der Waals surface area (Å²) in [5.74, 6) is -0.224. The van der Waals surface area contributed by atoms with Gasteiger partial charge in [-0.05, 0) is 24.3 Å². The number of rotatable bonds is 3. The molecule has 0 aromatic heterocycles. The highest BCUT2D eigenvalue weighted by Crippen LogP contribution is 2.09. The van der Waals surface area contributed by atoms with Gasteiger partial charge in [0.15, 0.2) is 0 Å². The second-order valence-corrected chi connectivity index (χ2v) is 3.50. The fourth-order valence-electron chi connectivity index (χ4n) is 0.766. The number of anilines is 1. The van der Waals surface area contributed by atoms with Crippen molar-refractivity contribution in [1.29, 1.82) is 0 Å². The van der Waals surface area contributed by atoms with Crippen LogP contribution in [0.4, 0.5) is 10.1 Å². The molecule has 0 fully saturated rings. The molecule has 1 nitrogen and oxygen atoms in total. The van der Waals surface area contributed by atoms with Crippen LogP contribution in [0.3, 0.4) is 0 Å². The molecule has 0 radical (unpaired) electrons. The molecular formula is C9H9BrFN. The molecule has 1 aromatic rings. The smallest absolute Gasteiger partial charge is 0.123 e. The maximum Gasteiger partial charge on any atom is 0.123 e. The molecule has 64 valence electrons. The van der Waals surface area contributed by atoms with Gasteiger partial charge in [0.1, 0.15) is 5.82 Å². The lowest BCUT2D eigenvalue weighted by Gasteiger charge is -2.03. The van der Waals surface area contributed by atoms with Gasteiger partial charge < -0.3 is 5.32 Å². The summed E-state index contributed by atoms with van der Waals surface area (Å²) in [5, 5.41) is 3.06. The van der Waals surface area contributed by atoms with Crippen molar-refractivity contribution in [2.45, 2.75) is 0 Å². The van der Waals surface area contributed by atoms with Gasteiger partial charge in [-0.2, -0.15) is 0 Å². The molecule has 0 atom stereocenters. The molecule has 3 heteroatoms. The van der Waals surface area contributed by atoms with E-state index in [1.807, 2.05) is 0 Å². The van der Waals surface area contributed by atoms with Gasteiger partial charge in [-0.3, -0.25) is 0 Å². The largest absolute Gasteiger partial charge is 0.380 e. The van der Waals surface area contributed by atoms with Gasteiger partial charge in [0.05, 0.1) is 0 Å². The maximum atomic E-state index is 12.4. The summed E-state index contributed by atoms with van der Waals surface area (Å²) >= 11 is 3.22. The minimum Gasteiger partial charge on any atom is -0.380 e. The van der Waals surface area contributed by atoms with Crippen molar-refractivity contribution < 1.29 is 4.39 Å². The number of hydrogen-bond acceptors (Lipinski definition) is 1. The Bertz CT molecular complexity index is 268. The second-order valence-electron chi connectivity index (χ2n) is 2.38. The highest BCUT2D eigenvalue weighted by Gasteiger charge is 1.92. The summed E-state index contributed by atoms with van der Waals surface area (Å²) < 4.78 is 13.3. The molecule has 0 amide bonds. The van der Waals surface area contributed by atoms with Crippen LogP contribution >= 0.6 is 15.9 Å². The molecule has 0 aliphatic heterocycles. The molecule has 0 unspecified atom stereocenters. The quantitative estimate of drug-likeness (QED) is 0.840. The Labute approximate surface area is 79.4 Å². The Hall–Kier alpha value is -0.830. The van der Waals surface area contributed by atoms with Crippen LogP contribution in [-0.2, 0) is 0 Å². The predicted molar refractivity (Wildman–Crippen MR) is 53.0 cm³/mol. The highest BCUT2D eigenvalue weighted by molar-refractivity contribution is 9.11. The average molecular weight is 230 g/mol. The van der Waals surface area contributed by atoms with Gasteiger partial charge in [-0.15, -0.1) is 0 Å². The third-order valence-corrected chi connectivity index (χ3v) is 1.61. The minimum absolute atomic E-state index is 0.224. The standard InChI is InChI=1S/C9H9BrFN/c1-7(10)6-12-9-4-2-8(11)3-5-9/h2-5,12H,1,6H2. The third-order valence-electron chi connectivity index (χ3n) is 1.33. The van der Waals surface area contributed by atoms with E-state index in [2.05, 4.69) is 27.8 Å². The van der Waals surface area contributed by atoms with Gasteiger partial charge in [0.2, 0.25) is 0 Å². The van der Waals surface area contributed by atoms with Crippen molar-refractivity contribution in [2.24, 2.45) is 0 Å². The molecule has 0 saturated heterocycles. The van der Waals surface area contributed by atoms with E-state index in [-0.39, 0.29) is 5.82 Å². The van der Waals surface area contributed by atoms with E-state index in [0.717, 1.165) is 10.2 Å². The minimum atomic E-state index is -0.224. The first-order valence-electron chi connectivity index (χ1n) is 3.51. The Balaban J connectivity index is 2.53. The van der Waals surface area contributed by atoms with Crippen LogP contribution < -0.4 is 5.32 Å². The van der Waals surface area contributed by atoms with Crippen molar-refractivity contribution in [2.75, 3.05) is 11.9 Å². The zero-order valence-electron chi connectivity index (χ0n) is 6.48. The molecule has 0 aliphatic rings. The van der Waals surface area contributed by atoms with Crippen molar-refractivity contribution >= 4 is 21.6 Å². The summed E-state index contributed by atoms with van der Waals surface area (Å²) in [7, 11) is 0. The summed E-state index contributed by atoms with van der Waals surface area (Å²) in [6, 6.07) is 6.20. The van der Waals surface area contributed by atoms with Crippen LogP contribution in [0.2, 0.25) is 0 Å². The molecule has 0 aliphatic carbocycles. The van der Waals surface area contributed by atoms with Gasteiger partial charge in [0, 0.05) is 16.7 Å².